The SMILES string of the molecule is CCOCCCC(N)CC1CCCc2ccccc21. The first-order valence-corrected chi connectivity index (χ1v) is 7.72. The fraction of sp³-hybridized carbons (Fsp3) is 0.647. The highest BCUT2D eigenvalue weighted by molar-refractivity contribution is 5.32. The van der Waals surface area contributed by atoms with Crippen molar-refractivity contribution in [2.45, 2.75) is 57.4 Å². The highest BCUT2D eigenvalue weighted by Gasteiger charge is 2.21. The molecule has 0 bridgehead atoms. The van der Waals surface area contributed by atoms with Crippen molar-refractivity contribution < 1.29 is 4.74 Å². The van der Waals surface area contributed by atoms with Crippen LogP contribution in [0.2, 0.25) is 0 Å². The van der Waals surface area contributed by atoms with Crippen molar-refractivity contribution in [1.29, 1.82) is 0 Å². The maximum atomic E-state index is 6.29. The molecule has 1 aromatic carbocycles. The van der Waals surface area contributed by atoms with Crippen LogP contribution >= 0.6 is 0 Å². The largest absolute Gasteiger partial charge is 0.382 e. The van der Waals surface area contributed by atoms with Crippen LogP contribution in [-0.2, 0) is 11.2 Å². The Balaban J connectivity index is 1.83. The quantitative estimate of drug-likeness (QED) is 0.761. The lowest BCUT2D eigenvalue weighted by atomic mass is 9.79. The Kier molecular flexibility index (Phi) is 5.87. The van der Waals surface area contributed by atoms with Gasteiger partial charge in [0.1, 0.15) is 0 Å². The minimum atomic E-state index is 0.316. The number of rotatable bonds is 7. The van der Waals surface area contributed by atoms with Gasteiger partial charge < -0.3 is 10.5 Å². The Morgan fingerprint density at radius 1 is 1.37 bits per heavy atom. The Morgan fingerprint density at radius 2 is 2.21 bits per heavy atom. The predicted octanol–water partition coefficient (Wildman–Crippen LogP) is 3.64. The van der Waals surface area contributed by atoms with Gasteiger partial charge in [-0.25, -0.2) is 0 Å². The van der Waals surface area contributed by atoms with Crippen molar-refractivity contribution in [3.63, 3.8) is 0 Å². The molecule has 0 spiro atoms. The van der Waals surface area contributed by atoms with Crippen molar-refractivity contribution in [2.24, 2.45) is 5.73 Å². The van der Waals surface area contributed by atoms with Gasteiger partial charge in [-0.05, 0) is 62.5 Å². The lowest BCUT2D eigenvalue weighted by Gasteiger charge is -2.27. The first kappa shape index (κ1) is 14.5. The highest BCUT2D eigenvalue weighted by Crippen LogP contribution is 2.34. The predicted molar refractivity (Wildman–Crippen MR) is 80.4 cm³/mol. The van der Waals surface area contributed by atoms with Crippen molar-refractivity contribution in [2.75, 3.05) is 13.2 Å². The van der Waals surface area contributed by atoms with Crippen LogP contribution in [0.1, 0.15) is 56.1 Å². The molecule has 0 saturated heterocycles. The van der Waals surface area contributed by atoms with Crippen LogP contribution in [-0.4, -0.2) is 19.3 Å². The molecule has 2 rings (SSSR count). The summed E-state index contributed by atoms with van der Waals surface area (Å²) in [4.78, 5) is 0. The third kappa shape index (κ3) is 4.32. The van der Waals surface area contributed by atoms with Crippen LogP contribution in [0.4, 0.5) is 0 Å². The molecule has 0 aromatic heterocycles. The number of benzene rings is 1. The van der Waals surface area contributed by atoms with E-state index in [1.54, 1.807) is 11.1 Å². The molecule has 0 saturated carbocycles. The molecule has 19 heavy (non-hydrogen) atoms. The highest BCUT2D eigenvalue weighted by atomic mass is 16.5. The van der Waals surface area contributed by atoms with Crippen molar-refractivity contribution >= 4 is 0 Å². The fourth-order valence-electron chi connectivity index (χ4n) is 3.17. The van der Waals surface area contributed by atoms with E-state index < -0.39 is 0 Å². The molecule has 1 aliphatic rings. The molecule has 106 valence electrons. The molecule has 1 aromatic rings. The van der Waals surface area contributed by atoms with Crippen LogP contribution in [0.25, 0.3) is 0 Å². The summed E-state index contributed by atoms with van der Waals surface area (Å²) < 4.78 is 5.37. The van der Waals surface area contributed by atoms with Gasteiger partial charge in [0, 0.05) is 19.3 Å². The minimum absolute atomic E-state index is 0.316. The van der Waals surface area contributed by atoms with Crippen molar-refractivity contribution in [3.8, 4) is 0 Å². The van der Waals surface area contributed by atoms with Gasteiger partial charge in [0.05, 0.1) is 0 Å². The van der Waals surface area contributed by atoms with E-state index in [0.717, 1.165) is 32.5 Å². The van der Waals surface area contributed by atoms with E-state index in [1.165, 1.54) is 19.3 Å². The summed E-state index contributed by atoms with van der Waals surface area (Å²) in [6, 6.07) is 9.21. The number of ether oxygens (including phenoxy) is 1. The zero-order chi connectivity index (χ0) is 13.5. The van der Waals surface area contributed by atoms with E-state index in [-0.39, 0.29) is 0 Å². The van der Waals surface area contributed by atoms with Crippen molar-refractivity contribution in [3.05, 3.63) is 35.4 Å². The number of hydrogen-bond donors (Lipinski definition) is 1. The second-order valence-corrected chi connectivity index (χ2v) is 5.62. The normalized spacial score (nSPS) is 20.0. The number of hydrogen-bond acceptors (Lipinski definition) is 2. The summed E-state index contributed by atoms with van der Waals surface area (Å²) >= 11 is 0. The van der Waals surface area contributed by atoms with E-state index in [2.05, 4.69) is 24.3 Å². The fourth-order valence-corrected chi connectivity index (χ4v) is 3.17. The molecule has 2 atom stereocenters. The summed E-state index contributed by atoms with van der Waals surface area (Å²) in [7, 11) is 0. The van der Waals surface area contributed by atoms with E-state index in [0.29, 0.717) is 12.0 Å². The van der Waals surface area contributed by atoms with Crippen LogP contribution in [0.15, 0.2) is 24.3 Å². The third-order valence-corrected chi connectivity index (χ3v) is 4.15. The Hall–Kier alpha value is -0.860. The molecule has 2 unspecified atom stereocenters. The summed E-state index contributed by atoms with van der Waals surface area (Å²) in [6.07, 6.45) is 7.15. The average molecular weight is 261 g/mol. The molecule has 0 heterocycles. The summed E-state index contributed by atoms with van der Waals surface area (Å²) in [5.41, 5.74) is 9.38. The standard InChI is InChI=1S/C17H27NO/c1-2-19-12-6-10-16(18)13-15-9-5-8-14-7-3-4-11-17(14)15/h3-4,7,11,15-16H,2,5-6,8-10,12-13,18H2,1H3. The first-order valence-electron chi connectivity index (χ1n) is 7.72. The molecule has 0 radical (unpaired) electrons. The van der Waals surface area contributed by atoms with E-state index in [9.17, 15) is 0 Å². The summed E-state index contributed by atoms with van der Waals surface area (Å²) in [5.74, 6) is 0.673. The molecule has 2 nitrogen and oxygen atoms in total. The number of nitrogens with two attached hydrogens (primary N) is 1. The van der Waals surface area contributed by atoms with E-state index in [1.807, 2.05) is 6.92 Å². The summed E-state index contributed by atoms with van der Waals surface area (Å²) in [5, 5.41) is 0. The molecule has 2 heteroatoms. The molecular weight excluding hydrogens is 234 g/mol. The minimum Gasteiger partial charge on any atom is -0.382 e. The Morgan fingerprint density at radius 3 is 3.05 bits per heavy atom. The lowest BCUT2D eigenvalue weighted by Crippen LogP contribution is -2.25. The zero-order valence-corrected chi connectivity index (χ0v) is 12.1. The van der Waals surface area contributed by atoms with Crippen LogP contribution in [0.3, 0.4) is 0 Å². The van der Waals surface area contributed by atoms with Crippen LogP contribution in [0.5, 0.6) is 0 Å². The molecule has 1 aliphatic carbocycles. The maximum Gasteiger partial charge on any atom is 0.0466 e. The molecule has 2 N–H and O–H groups in total. The maximum absolute atomic E-state index is 6.29. The van der Waals surface area contributed by atoms with Gasteiger partial charge >= 0.3 is 0 Å². The average Bonchev–Trinajstić information content (AvgIpc) is 2.44. The van der Waals surface area contributed by atoms with Gasteiger partial charge in [0.2, 0.25) is 0 Å². The zero-order valence-electron chi connectivity index (χ0n) is 12.1. The Bertz CT molecular complexity index is 377. The second kappa shape index (κ2) is 7.66. The van der Waals surface area contributed by atoms with Gasteiger partial charge in [0.25, 0.3) is 0 Å². The lowest BCUT2D eigenvalue weighted by molar-refractivity contribution is 0.141. The van der Waals surface area contributed by atoms with E-state index in [4.69, 9.17) is 10.5 Å². The monoisotopic (exact) mass is 261 g/mol. The Labute approximate surface area is 117 Å². The third-order valence-electron chi connectivity index (χ3n) is 4.15. The van der Waals surface area contributed by atoms with Crippen LogP contribution < -0.4 is 5.73 Å². The second-order valence-electron chi connectivity index (χ2n) is 5.62. The molecule has 0 aliphatic heterocycles. The van der Waals surface area contributed by atoms with Crippen LogP contribution in [0, 0.1) is 0 Å². The number of aryl methyl sites for hydroxylation is 1. The van der Waals surface area contributed by atoms with Gasteiger partial charge in [-0.15, -0.1) is 0 Å². The van der Waals surface area contributed by atoms with Gasteiger partial charge in [-0.3, -0.25) is 0 Å². The summed E-state index contributed by atoms with van der Waals surface area (Å²) in [6.45, 7) is 3.70. The van der Waals surface area contributed by atoms with Gasteiger partial charge in [-0.1, -0.05) is 24.3 Å². The molecular formula is C17H27NO. The van der Waals surface area contributed by atoms with Gasteiger partial charge in [0.15, 0.2) is 0 Å². The van der Waals surface area contributed by atoms with Crippen molar-refractivity contribution in [1.82, 2.24) is 0 Å². The molecule has 0 amide bonds. The smallest absolute Gasteiger partial charge is 0.0466 e. The first-order chi connectivity index (χ1) is 9.31. The topological polar surface area (TPSA) is 35.2 Å². The number of fused-ring (bicyclic) bond motifs is 1. The molecule has 0 fully saturated rings. The van der Waals surface area contributed by atoms with Gasteiger partial charge in [-0.2, -0.15) is 0 Å². The van der Waals surface area contributed by atoms with E-state index >= 15 is 0 Å².